The van der Waals surface area contributed by atoms with Gasteiger partial charge in [0.15, 0.2) is 0 Å². The van der Waals surface area contributed by atoms with Crippen LogP contribution >= 0.6 is 0 Å². The summed E-state index contributed by atoms with van der Waals surface area (Å²) in [6.07, 6.45) is 120. The molecule has 10 nitrogen and oxygen atoms in total. The van der Waals surface area contributed by atoms with Crippen molar-refractivity contribution in [2.24, 2.45) is 0 Å². The van der Waals surface area contributed by atoms with Crippen molar-refractivity contribution in [1.82, 2.24) is 19.9 Å². The molecule has 7 aromatic rings. The van der Waals surface area contributed by atoms with E-state index in [-0.39, 0.29) is 0 Å². The van der Waals surface area contributed by atoms with Crippen molar-refractivity contribution in [3.05, 3.63) is 122 Å². The molecule has 0 aliphatic carbocycles. The highest BCUT2D eigenvalue weighted by atomic mass is 16.5. The Labute approximate surface area is 886 Å². The van der Waals surface area contributed by atoms with Gasteiger partial charge in [-0.1, -0.05) is 567 Å². The van der Waals surface area contributed by atoms with Crippen molar-refractivity contribution in [2.75, 3.05) is 39.6 Å². The molecule has 10 heteroatoms. The lowest BCUT2D eigenvalue weighted by Crippen LogP contribution is -2.04. The van der Waals surface area contributed by atoms with Gasteiger partial charge < -0.3 is 28.4 Å². The van der Waals surface area contributed by atoms with Gasteiger partial charge in [-0.15, -0.1) is 0 Å². The van der Waals surface area contributed by atoms with Crippen molar-refractivity contribution in [3.63, 3.8) is 0 Å². The Morgan fingerprint density at radius 2 is 0.333 bits per heavy atom. The van der Waals surface area contributed by atoms with E-state index in [2.05, 4.69) is 138 Å². The molecule has 4 heterocycles. The molecular formula is C134H218N4O6. The van der Waals surface area contributed by atoms with Crippen molar-refractivity contribution >= 4 is 0 Å². The molecule has 7 rings (SSSR count). The Morgan fingerprint density at radius 3 is 0.507 bits per heavy atom. The van der Waals surface area contributed by atoms with Gasteiger partial charge in [-0.2, -0.15) is 0 Å². The molecule has 0 aliphatic heterocycles. The van der Waals surface area contributed by atoms with Crippen LogP contribution in [0.5, 0.6) is 34.5 Å². The third kappa shape index (κ3) is 58.9. The second-order valence-corrected chi connectivity index (χ2v) is 43.5. The van der Waals surface area contributed by atoms with E-state index < -0.39 is 0 Å². The third-order valence-electron chi connectivity index (χ3n) is 30.4. The van der Waals surface area contributed by atoms with Gasteiger partial charge in [0.2, 0.25) is 0 Å². The molecular weight excluding hydrogens is 1760 g/mol. The predicted octanol–water partition coefficient (Wildman–Crippen LogP) is 44.4. The molecule has 0 saturated carbocycles. The zero-order valence-corrected chi connectivity index (χ0v) is 94.4. The van der Waals surface area contributed by atoms with E-state index in [0.29, 0.717) is 39.6 Å². The number of rotatable bonds is 102. The highest BCUT2D eigenvalue weighted by Gasteiger charge is 2.24. The van der Waals surface area contributed by atoms with Gasteiger partial charge in [0, 0.05) is 81.1 Å². The minimum absolute atomic E-state index is 0.602. The van der Waals surface area contributed by atoms with Gasteiger partial charge in [-0.05, 0) is 105 Å². The molecule has 0 fully saturated rings. The van der Waals surface area contributed by atoms with Crippen LogP contribution in [0.25, 0.3) is 67.2 Å². The van der Waals surface area contributed by atoms with Crippen LogP contribution in [0.15, 0.2) is 122 Å². The second-order valence-electron chi connectivity index (χ2n) is 43.5. The molecule has 0 spiro atoms. The number of hydrogen-bond donors (Lipinski definition) is 0. The van der Waals surface area contributed by atoms with Crippen LogP contribution in [0.3, 0.4) is 0 Å². The summed E-state index contributed by atoms with van der Waals surface area (Å²) in [5, 5.41) is 0. The fraction of sp³-hybridized carbons (Fsp3) is 0.716. The van der Waals surface area contributed by atoms with E-state index in [1.807, 2.05) is 30.7 Å². The monoisotopic (exact) mass is 1980 g/mol. The standard InChI is InChI=1S/C134H218N4O6/c1-7-13-19-25-31-37-43-49-55-61-67-73-79-87-102-139-129-112-124(133(108-120(129)117-94-93-100-135-114-117)143-106-91-83-77-71-65-59-53-47-41-35-29-23-17-11-5)127-98-97-119(116-137-127)122-110-134(144-107-92-84-78-72-66-60-54-48-42-36-30-24-18-12-6)125(113-131(122)141-104-89-81-75-69-63-57-51-45-39-33-27-21-15-9-3)128-99-96-118(115-138-128)121-109-132(142-105-90-82-76-70-64-58-52-46-40-34-28-22-16-10-4)123(126-95-85-86-101-136-126)111-130(121)140-103-88-80-74-68-62-56-50-44-38-32-26-20-14-8-2/h85-86,93-101,108-116H,7-84,87-92,102-107H2,1-6H3. The number of pyridine rings is 4. The molecule has 0 unspecified atom stereocenters. The van der Waals surface area contributed by atoms with Crippen LogP contribution in [0, 0.1) is 0 Å². The van der Waals surface area contributed by atoms with Crippen molar-refractivity contribution < 1.29 is 28.4 Å². The number of benzene rings is 3. The topological polar surface area (TPSA) is 107 Å². The van der Waals surface area contributed by atoms with Crippen molar-refractivity contribution in [1.29, 1.82) is 0 Å². The third-order valence-corrected chi connectivity index (χ3v) is 30.4. The Hall–Kier alpha value is -6.94. The van der Waals surface area contributed by atoms with Gasteiger partial charge in [-0.3, -0.25) is 19.9 Å². The first-order valence-corrected chi connectivity index (χ1v) is 62.6. The summed E-state index contributed by atoms with van der Waals surface area (Å²) >= 11 is 0. The summed E-state index contributed by atoms with van der Waals surface area (Å²) < 4.78 is 42.6. The first kappa shape index (κ1) is 124. The van der Waals surface area contributed by atoms with Gasteiger partial charge in [-0.25, -0.2) is 0 Å². The lowest BCUT2D eigenvalue weighted by Gasteiger charge is -2.20. The maximum absolute atomic E-state index is 7.25. The highest BCUT2D eigenvalue weighted by Crippen LogP contribution is 2.47. The molecule has 0 aliphatic rings. The average molecular weight is 1980 g/mol. The molecule has 810 valence electrons. The Kier molecular flexibility index (Phi) is 76.6. The van der Waals surface area contributed by atoms with Gasteiger partial charge in [0.25, 0.3) is 0 Å². The van der Waals surface area contributed by atoms with E-state index in [9.17, 15) is 0 Å². The van der Waals surface area contributed by atoms with E-state index >= 15 is 0 Å². The van der Waals surface area contributed by atoms with Crippen molar-refractivity contribution in [2.45, 2.75) is 581 Å². The van der Waals surface area contributed by atoms with Crippen molar-refractivity contribution in [3.8, 4) is 102 Å². The van der Waals surface area contributed by atoms with Crippen LogP contribution in [0.1, 0.15) is 581 Å². The Balaban J connectivity index is 1.22. The SMILES string of the molecule is CCCCCCCCCCCCCCCCOc1cc(-c2ccc(-c3cc(OCCCCCCCCCCCCCCCC)c(-c4ccc(-c5cc(OCCCCCCCCCCCCCCCC)c(-c6ccccn6)cc5OCCCCCCCCCCCCCCCC)cn4)cc3OCCCCCCCCCCCCCCCC)cn2)c(OCCCCCCCCCCCCCCCC)cc1-c1cccnc1. The maximum atomic E-state index is 7.25. The summed E-state index contributed by atoms with van der Waals surface area (Å²) in [6, 6.07) is 32.7. The highest BCUT2D eigenvalue weighted by molar-refractivity contribution is 5.84. The van der Waals surface area contributed by atoms with Crippen LogP contribution < -0.4 is 28.4 Å². The smallest absolute Gasteiger partial charge is 0.129 e. The summed E-state index contributed by atoms with van der Waals surface area (Å²) in [6.45, 7) is 17.6. The second kappa shape index (κ2) is 88.9. The maximum Gasteiger partial charge on any atom is 0.129 e. The average Bonchev–Trinajstić information content (AvgIpc) is 0.773. The largest absolute Gasteiger partial charge is 0.493 e. The normalized spacial score (nSPS) is 11.5. The molecule has 0 saturated heterocycles. The number of aromatic nitrogens is 4. The van der Waals surface area contributed by atoms with E-state index in [0.717, 1.165) is 179 Å². The fourth-order valence-electron chi connectivity index (χ4n) is 21.0. The molecule has 0 N–H and O–H groups in total. The summed E-state index contributed by atoms with van der Waals surface area (Å²) in [5.41, 5.74) is 11.3. The molecule has 0 amide bonds. The summed E-state index contributed by atoms with van der Waals surface area (Å²) in [7, 11) is 0. The van der Waals surface area contributed by atoms with Crippen LogP contribution in [-0.4, -0.2) is 59.6 Å². The van der Waals surface area contributed by atoms with Crippen LogP contribution in [-0.2, 0) is 0 Å². The zero-order valence-electron chi connectivity index (χ0n) is 94.4. The van der Waals surface area contributed by atoms with E-state index in [1.54, 1.807) is 0 Å². The number of nitrogens with zero attached hydrogens (tertiary/aromatic N) is 4. The van der Waals surface area contributed by atoms with Gasteiger partial charge in [0.05, 0.1) is 56.7 Å². The molecule has 144 heavy (non-hydrogen) atoms. The fourth-order valence-corrected chi connectivity index (χ4v) is 21.0. The summed E-state index contributed by atoms with van der Waals surface area (Å²) in [4.78, 5) is 20.7. The summed E-state index contributed by atoms with van der Waals surface area (Å²) in [5.74, 6) is 4.93. The first-order valence-electron chi connectivity index (χ1n) is 62.6. The lowest BCUT2D eigenvalue weighted by molar-refractivity contribution is 0.298. The van der Waals surface area contributed by atoms with Crippen LogP contribution in [0.4, 0.5) is 0 Å². The lowest BCUT2D eigenvalue weighted by atomic mass is 9.98. The number of unbranched alkanes of at least 4 members (excludes halogenated alkanes) is 78. The molecule has 3 aromatic carbocycles. The quantitative estimate of drug-likeness (QED) is 0.0342. The van der Waals surface area contributed by atoms with Crippen LogP contribution in [0.2, 0.25) is 0 Å². The molecule has 0 atom stereocenters. The Bertz CT molecular complexity index is 3800. The number of ether oxygens (including phenoxy) is 6. The number of hydrogen-bond acceptors (Lipinski definition) is 10. The predicted molar refractivity (Wildman–Crippen MR) is 625 cm³/mol. The zero-order chi connectivity index (χ0) is 101. The van der Waals surface area contributed by atoms with E-state index in [1.165, 1.54) is 462 Å². The molecule has 4 aromatic heterocycles. The minimum atomic E-state index is 0.602. The minimum Gasteiger partial charge on any atom is -0.493 e. The molecule has 0 radical (unpaired) electrons. The first-order chi connectivity index (χ1) is 71.5. The van der Waals surface area contributed by atoms with Gasteiger partial charge in [0.1, 0.15) is 34.5 Å². The van der Waals surface area contributed by atoms with Gasteiger partial charge >= 0.3 is 0 Å². The van der Waals surface area contributed by atoms with E-state index in [4.69, 9.17) is 43.4 Å². The Morgan fingerprint density at radius 1 is 0.153 bits per heavy atom. The molecule has 0 bridgehead atoms.